The van der Waals surface area contributed by atoms with Crippen molar-refractivity contribution in [3.05, 3.63) is 35.4 Å². The molecule has 0 atom stereocenters. The summed E-state index contributed by atoms with van der Waals surface area (Å²) in [4.78, 5) is 11.6. The number of benzene rings is 1. The summed E-state index contributed by atoms with van der Waals surface area (Å²) in [5, 5.41) is 10.9. The quantitative estimate of drug-likeness (QED) is 0.771. The highest BCUT2D eigenvalue weighted by atomic mass is 16.1. The Kier molecular flexibility index (Phi) is 3.68. The molecular weight excluding hydrogens is 200 g/mol. The van der Waals surface area contributed by atoms with Crippen LogP contribution in [0.1, 0.15) is 36.7 Å². The fraction of sp³-hybridized carbons (Fsp3) is 0.385. The Bertz CT molecular complexity index is 424. The Hall–Kier alpha value is -1.82. The van der Waals surface area contributed by atoms with Gasteiger partial charge >= 0.3 is 0 Å². The van der Waals surface area contributed by atoms with Gasteiger partial charge in [0.15, 0.2) is 0 Å². The Morgan fingerprint density at radius 2 is 2.12 bits per heavy atom. The first-order chi connectivity index (χ1) is 7.45. The van der Waals surface area contributed by atoms with Crippen LogP contribution < -0.4 is 5.32 Å². The molecule has 1 N–H and O–H groups in total. The Morgan fingerprint density at radius 1 is 1.44 bits per heavy atom. The number of carbonyl (C=O) groups is 1. The molecule has 0 bridgehead atoms. The molecule has 3 nitrogen and oxygen atoms in total. The van der Waals surface area contributed by atoms with Gasteiger partial charge in [-0.25, -0.2) is 0 Å². The second kappa shape index (κ2) is 4.80. The molecule has 0 aliphatic carbocycles. The number of amides is 1. The van der Waals surface area contributed by atoms with Crippen molar-refractivity contribution in [1.29, 1.82) is 5.26 Å². The monoisotopic (exact) mass is 216 g/mol. The molecular formula is C13H16N2O. The molecule has 0 aliphatic rings. The van der Waals surface area contributed by atoms with Crippen LogP contribution in [0.5, 0.6) is 0 Å². The van der Waals surface area contributed by atoms with E-state index in [4.69, 9.17) is 5.26 Å². The van der Waals surface area contributed by atoms with Gasteiger partial charge in [0, 0.05) is 5.56 Å². The average molecular weight is 216 g/mol. The van der Waals surface area contributed by atoms with Gasteiger partial charge in [0.1, 0.15) is 6.54 Å². The minimum Gasteiger partial charge on any atom is -0.339 e. The van der Waals surface area contributed by atoms with Crippen LogP contribution in [0.3, 0.4) is 0 Å². The maximum atomic E-state index is 11.6. The van der Waals surface area contributed by atoms with E-state index in [0.29, 0.717) is 5.56 Å². The van der Waals surface area contributed by atoms with E-state index in [0.717, 1.165) is 5.56 Å². The minimum atomic E-state index is -0.201. The van der Waals surface area contributed by atoms with Gasteiger partial charge in [-0.05, 0) is 23.1 Å². The molecule has 0 aromatic heterocycles. The fourth-order valence-electron chi connectivity index (χ4n) is 1.35. The lowest BCUT2D eigenvalue weighted by Gasteiger charge is -2.19. The summed E-state index contributed by atoms with van der Waals surface area (Å²) >= 11 is 0. The van der Waals surface area contributed by atoms with Gasteiger partial charge in [0.25, 0.3) is 5.91 Å². The van der Waals surface area contributed by atoms with Crippen molar-refractivity contribution in [2.45, 2.75) is 26.2 Å². The van der Waals surface area contributed by atoms with E-state index in [1.165, 1.54) is 0 Å². The van der Waals surface area contributed by atoms with Crippen LogP contribution in [-0.4, -0.2) is 12.5 Å². The topological polar surface area (TPSA) is 52.9 Å². The fourth-order valence-corrected chi connectivity index (χ4v) is 1.35. The summed E-state index contributed by atoms with van der Waals surface area (Å²) in [6, 6.07) is 9.36. The molecule has 0 aliphatic heterocycles. The molecule has 1 aromatic carbocycles. The maximum absolute atomic E-state index is 11.6. The molecule has 0 fully saturated rings. The third-order valence-electron chi connectivity index (χ3n) is 2.32. The van der Waals surface area contributed by atoms with Crippen molar-refractivity contribution < 1.29 is 4.79 Å². The first-order valence-electron chi connectivity index (χ1n) is 5.21. The predicted molar refractivity (Wildman–Crippen MR) is 63.1 cm³/mol. The largest absolute Gasteiger partial charge is 0.339 e. The number of nitrogens with zero attached hydrogens (tertiary/aromatic N) is 1. The van der Waals surface area contributed by atoms with Crippen LogP contribution in [0.15, 0.2) is 24.3 Å². The highest BCUT2D eigenvalue weighted by Crippen LogP contribution is 2.22. The predicted octanol–water partition coefficient (Wildman–Crippen LogP) is 2.24. The molecule has 0 spiro atoms. The van der Waals surface area contributed by atoms with E-state index in [2.05, 4.69) is 26.1 Å². The molecule has 0 saturated heterocycles. The molecule has 16 heavy (non-hydrogen) atoms. The maximum Gasteiger partial charge on any atom is 0.252 e. The van der Waals surface area contributed by atoms with Crippen LogP contribution in [0.25, 0.3) is 0 Å². The van der Waals surface area contributed by atoms with Gasteiger partial charge in [-0.3, -0.25) is 4.79 Å². The van der Waals surface area contributed by atoms with Crippen LogP contribution >= 0.6 is 0 Å². The second-order valence-electron chi connectivity index (χ2n) is 4.67. The number of nitrogens with one attached hydrogen (secondary N) is 1. The molecule has 0 saturated carbocycles. The van der Waals surface area contributed by atoms with Crippen LogP contribution in [0, 0.1) is 11.3 Å². The highest BCUT2D eigenvalue weighted by Gasteiger charge is 2.15. The van der Waals surface area contributed by atoms with Crippen LogP contribution in [0.4, 0.5) is 0 Å². The smallest absolute Gasteiger partial charge is 0.252 e. The lowest BCUT2D eigenvalue weighted by Crippen LogP contribution is -2.24. The van der Waals surface area contributed by atoms with E-state index in [-0.39, 0.29) is 17.9 Å². The molecule has 0 radical (unpaired) electrons. The number of hydrogen-bond donors (Lipinski definition) is 1. The number of carbonyl (C=O) groups excluding carboxylic acids is 1. The van der Waals surface area contributed by atoms with Gasteiger partial charge in [-0.1, -0.05) is 32.9 Å². The third kappa shape index (κ3) is 3.09. The summed E-state index contributed by atoms with van der Waals surface area (Å²) in [6.45, 7) is 6.33. The molecule has 0 unspecified atom stereocenters. The van der Waals surface area contributed by atoms with Gasteiger partial charge in [0.05, 0.1) is 6.07 Å². The van der Waals surface area contributed by atoms with Crippen molar-refractivity contribution in [2.24, 2.45) is 0 Å². The van der Waals surface area contributed by atoms with E-state index < -0.39 is 0 Å². The zero-order valence-corrected chi connectivity index (χ0v) is 9.87. The van der Waals surface area contributed by atoms with E-state index in [1.807, 2.05) is 24.3 Å². The van der Waals surface area contributed by atoms with Crippen LogP contribution in [0.2, 0.25) is 0 Å². The van der Waals surface area contributed by atoms with Crippen molar-refractivity contribution >= 4 is 5.91 Å². The number of hydrogen-bond acceptors (Lipinski definition) is 2. The Morgan fingerprint density at radius 3 is 2.69 bits per heavy atom. The zero-order valence-electron chi connectivity index (χ0n) is 9.87. The molecule has 3 heteroatoms. The Labute approximate surface area is 96.1 Å². The first-order valence-corrected chi connectivity index (χ1v) is 5.21. The third-order valence-corrected chi connectivity index (χ3v) is 2.32. The van der Waals surface area contributed by atoms with Crippen molar-refractivity contribution in [3.8, 4) is 6.07 Å². The summed E-state index contributed by atoms with van der Waals surface area (Å²) in [5.41, 5.74) is 1.73. The zero-order chi connectivity index (χ0) is 12.2. The standard InChI is InChI=1S/C13H16N2O/c1-13(2,3)11-6-4-5-10(9-11)12(16)15-8-7-14/h4-6,9H,8H2,1-3H3,(H,15,16). The van der Waals surface area contributed by atoms with Gasteiger partial charge in [-0.15, -0.1) is 0 Å². The average Bonchev–Trinajstić information content (AvgIpc) is 2.25. The second-order valence-corrected chi connectivity index (χ2v) is 4.67. The molecule has 1 rings (SSSR count). The van der Waals surface area contributed by atoms with E-state index in [9.17, 15) is 4.79 Å². The summed E-state index contributed by atoms with van der Waals surface area (Å²) < 4.78 is 0. The molecule has 1 aromatic rings. The van der Waals surface area contributed by atoms with Gasteiger partial charge in [0.2, 0.25) is 0 Å². The molecule has 0 heterocycles. The van der Waals surface area contributed by atoms with E-state index >= 15 is 0 Å². The SMILES string of the molecule is CC(C)(C)c1cccc(C(=O)NCC#N)c1. The van der Waals surface area contributed by atoms with E-state index in [1.54, 1.807) is 6.07 Å². The van der Waals surface area contributed by atoms with Crippen molar-refractivity contribution in [3.63, 3.8) is 0 Å². The lowest BCUT2D eigenvalue weighted by atomic mass is 9.86. The van der Waals surface area contributed by atoms with Gasteiger partial charge in [-0.2, -0.15) is 5.26 Å². The highest BCUT2D eigenvalue weighted by molar-refractivity contribution is 5.94. The van der Waals surface area contributed by atoms with Crippen molar-refractivity contribution in [2.75, 3.05) is 6.54 Å². The van der Waals surface area contributed by atoms with Crippen molar-refractivity contribution in [1.82, 2.24) is 5.32 Å². The number of nitriles is 1. The first kappa shape index (κ1) is 12.3. The molecule has 1 amide bonds. The normalized spacial score (nSPS) is 10.6. The summed E-state index contributed by atoms with van der Waals surface area (Å²) in [6.07, 6.45) is 0. The number of rotatable bonds is 2. The summed E-state index contributed by atoms with van der Waals surface area (Å²) in [5.74, 6) is -0.201. The Balaban J connectivity index is 2.91. The lowest BCUT2D eigenvalue weighted by molar-refractivity contribution is 0.0958. The van der Waals surface area contributed by atoms with Crippen LogP contribution in [-0.2, 0) is 5.41 Å². The summed E-state index contributed by atoms with van der Waals surface area (Å²) in [7, 11) is 0. The molecule has 84 valence electrons. The van der Waals surface area contributed by atoms with Gasteiger partial charge < -0.3 is 5.32 Å². The minimum absolute atomic E-state index is 0.0194.